The summed E-state index contributed by atoms with van der Waals surface area (Å²) in [6.45, 7) is 3.87. The summed E-state index contributed by atoms with van der Waals surface area (Å²) in [4.78, 5) is 43.2. The Hall–Kier alpha value is -4.59. The predicted octanol–water partition coefficient (Wildman–Crippen LogP) is 6.11. The number of nitrogens with zero attached hydrogens (tertiary/aromatic N) is 2. The highest BCUT2D eigenvalue weighted by Crippen LogP contribution is 2.34. The Balaban J connectivity index is 1.54. The molecule has 0 radical (unpaired) electrons. The summed E-state index contributed by atoms with van der Waals surface area (Å²) in [6.07, 6.45) is 1.11. The number of carbonyl (C=O) groups is 2. The van der Waals surface area contributed by atoms with Crippen LogP contribution in [0.1, 0.15) is 52.2 Å². The van der Waals surface area contributed by atoms with Gasteiger partial charge in [-0.2, -0.15) is 0 Å². The third kappa shape index (κ3) is 4.98. The van der Waals surface area contributed by atoms with Crippen molar-refractivity contribution >= 4 is 34.2 Å². The van der Waals surface area contributed by atoms with Gasteiger partial charge in [0.25, 0.3) is 11.6 Å². The molecule has 0 saturated heterocycles. The third-order valence-corrected chi connectivity index (χ3v) is 6.88. The average molecular weight is 510 g/mol. The molecule has 0 aliphatic heterocycles. The first-order valence-electron chi connectivity index (χ1n) is 12.5. The number of fused-ring (bicyclic) bond motifs is 2. The molecule has 0 spiro atoms. The highest BCUT2D eigenvalue weighted by molar-refractivity contribution is 6.06. The number of nitro benzene ring substituents is 1. The molecule has 3 aromatic carbocycles. The minimum absolute atomic E-state index is 0.0307. The summed E-state index contributed by atoms with van der Waals surface area (Å²) in [5, 5.41) is 14.9. The number of para-hydroxylation sites is 1. The van der Waals surface area contributed by atoms with Crippen molar-refractivity contribution in [2.75, 3.05) is 5.32 Å². The van der Waals surface area contributed by atoms with Gasteiger partial charge >= 0.3 is 5.97 Å². The molecule has 5 rings (SSSR count). The monoisotopic (exact) mass is 509 g/mol. The summed E-state index contributed by atoms with van der Waals surface area (Å²) < 4.78 is 5.94. The van der Waals surface area contributed by atoms with Crippen LogP contribution in [0.15, 0.2) is 72.8 Å². The molecule has 0 fully saturated rings. The maximum atomic E-state index is 13.9. The molecule has 2 unspecified atom stereocenters. The Morgan fingerprint density at radius 1 is 1.08 bits per heavy atom. The first-order valence-corrected chi connectivity index (χ1v) is 12.5. The van der Waals surface area contributed by atoms with Gasteiger partial charge in [0.05, 0.1) is 16.0 Å². The Labute approximate surface area is 219 Å². The molecule has 0 saturated carbocycles. The molecule has 1 aliphatic carbocycles. The van der Waals surface area contributed by atoms with E-state index in [1.54, 1.807) is 43.3 Å². The fourth-order valence-corrected chi connectivity index (χ4v) is 4.96. The van der Waals surface area contributed by atoms with Crippen LogP contribution in [-0.4, -0.2) is 21.8 Å². The van der Waals surface area contributed by atoms with Crippen molar-refractivity contribution in [2.24, 2.45) is 5.92 Å². The van der Waals surface area contributed by atoms with Crippen molar-refractivity contribution in [3.05, 3.63) is 111 Å². The molecule has 1 aliphatic rings. The zero-order chi connectivity index (χ0) is 26.8. The van der Waals surface area contributed by atoms with E-state index in [9.17, 15) is 19.7 Å². The van der Waals surface area contributed by atoms with E-state index in [4.69, 9.17) is 9.72 Å². The van der Waals surface area contributed by atoms with Gasteiger partial charge in [0.2, 0.25) is 6.10 Å². The molecule has 0 bridgehead atoms. The number of aryl methyl sites for hydroxylation is 2. The lowest BCUT2D eigenvalue weighted by Crippen LogP contribution is -2.27. The Kier molecular flexibility index (Phi) is 6.87. The highest BCUT2D eigenvalue weighted by Gasteiger charge is 2.31. The normalized spacial score (nSPS) is 15.4. The van der Waals surface area contributed by atoms with Gasteiger partial charge in [-0.1, -0.05) is 61.5 Å². The largest absolute Gasteiger partial charge is 0.444 e. The fraction of sp³-hybridized carbons (Fsp3) is 0.233. The van der Waals surface area contributed by atoms with Crippen molar-refractivity contribution in [1.82, 2.24) is 4.98 Å². The molecule has 2 atom stereocenters. The second-order valence-corrected chi connectivity index (χ2v) is 9.74. The number of hydrogen-bond donors (Lipinski definition) is 1. The first-order chi connectivity index (χ1) is 18.3. The molecule has 38 heavy (non-hydrogen) atoms. The number of nitrogens with one attached hydrogen (secondary N) is 1. The van der Waals surface area contributed by atoms with E-state index in [2.05, 4.69) is 12.2 Å². The van der Waals surface area contributed by atoms with Gasteiger partial charge in [0.1, 0.15) is 5.69 Å². The van der Waals surface area contributed by atoms with Crippen LogP contribution in [0.4, 0.5) is 11.4 Å². The number of nitro groups is 1. The number of benzene rings is 3. The summed E-state index contributed by atoms with van der Waals surface area (Å²) >= 11 is 0. The van der Waals surface area contributed by atoms with E-state index >= 15 is 0 Å². The zero-order valence-corrected chi connectivity index (χ0v) is 21.1. The quantitative estimate of drug-likeness (QED) is 0.191. The SMILES string of the molecule is Cc1ccc(NC(=O)C(OC(=O)c2c3c(nc4ccccc24)CCC(C)C3)c2ccccc2)c([N+](=O)[O-])c1. The Morgan fingerprint density at radius 2 is 1.82 bits per heavy atom. The van der Waals surface area contributed by atoms with E-state index in [1.165, 1.54) is 12.1 Å². The topological polar surface area (TPSA) is 111 Å². The first kappa shape index (κ1) is 25.1. The molecule has 8 heteroatoms. The molecular formula is C30H27N3O5. The molecule has 1 amide bonds. The zero-order valence-electron chi connectivity index (χ0n) is 21.1. The van der Waals surface area contributed by atoms with Crippen LogP contribution < -0.4 is 5.32 Å². The van der Waals surface area contributed by atoms with Crippen LogP contribution in [0.3, 0.4) is 0 Å². The number of aromatic nitrogens is 1. The van der Waals surface area contributed by atoms with E-state index in [-0.39, 0.29) is 11.4 Å². The summed E-state index contributed by atoms with van der Waals surface area (Å²) in [6, 6.07) is 20.6. The Morgan fingerprint density at radius 3 is 2.58 bits per heavy atom. The van der Waals surface area contributed by atoms with Crippen molar-refractivity contribution in [1.29, 1.82) is 0 Å². The molecule has 1 aromatic heterocycles. The van der Waals surface area contributed by atoms with Crippen molar-refractivity contribution in [3.63, 3.8) is 0 Å². The van der Waals surface area contributed by atoms with E-state index < -0.39 is 22.9 Å². The Bertz CT molecular complexity index is 1550. The van der Waals surface area contributed by atoms with Gasteiger partial charge in [-0.3, -0.25) is 19.9 Å². The van der Waals surface area contributed by atoms with Crippen LogP contribution in [0.5, 0.6) is 0 Å². The van der Waals surface area contributed by atoms with Gasteiger partial charge in [-0.05, 0) is 55.4 Å². The van der Waals surface area contributed by atoms with Crippen LogP contribution >= 0.6 is 0 Å². The number of esters is 1. The number of ether oxygens (including phenoxy) is 1. The minimum Gasteiger partial charge on any atom is -0.444 e. The van der Waals surface area contributed by atoms with Crippen molar-refractivity contribution < 1.29 is 19.2 Å². The molecule has 4 aromatic rings. The number of rotatable bonds is 6. The minimum atomic E-state index is -1.33. The summed E-state index contributed by atoms with van der Waals surface area (Å²) in [7, 11) is 0. The molecular weight excluding hydrogens is 482 g/mol. The van der Waals surface area contributed by atoms with Crippen LogP contribution in [0.2, 0.25) is 0 Å². The van der Waals surface area contributed by atoms with Crippen LogP contribution in [-0.2, 0) is 22.4 Å². The summed E-state index contributed by atoms with van der Waals surface area (Å²) in [5.41, 5.74) is 3.79. The van der Waals surface area contributed by atoms with E-state index in [0.717, 1.165) is 24.1 Å². The maximum absolute atomic E-state index is 13.9. The van der Waals surface area contributed by atoms with Gasteiger partial charge < -0.3 is 10.1 Å². The van der Waals surface area contributed by atoms with Gasteiger partial charge in [0, 0.05) is 22.7 Å². The third-order valence-electron chi connectivity index (χ3n) is 6.88. The number of carbonyl (C=O) groups excluding carboxylic acids is 2. The van der Waals surface area contributed by atoms with E-state index in [0.29, 0.717) is 39.9 Å². The second-order valence-electron chi connectivity index (χ2n) is 9.74. The molecule has 1 heterocycles. The lowest BCUT2D eigenvalue weighted by atomic mass is 9.84. The second kappa shape index (κ2) is 10.4. The number of amides is 1. The number of pyridine rings is 1. The lowest BCUT2D eigenvalue weighted by Gasteiger charge is -2.25. The predicted molar refractivity (Wildman–Crippen MR) is 144 cm³/mol. The van der Waals surface area contributed by atoms with Crippen molar-refractivity contribution in [2.45, 2.75) is 39.2 Å². The molecule has 1 N–H and O–H groups in total. The van der Waals surface area contributed by atoms with Crippen molar-refractivity contribution in [3.8, 4) is 0 Å². The fourth-order valence-electron chi connectivity index (χ4n) is 4.96. The van der Waals surface area contributed by atoms with Gasteiger partial charge in [-0.25, -0.2) is 4.79 Å². The molecule has 192 valence electrons. The smallest absolute Gasteiger partial charge is 0.340 e. The van der Waals surface area contributed by atoms with Crippen LogP contribution in [0.25, 0.3) is 10.9 Å². The highest BCUT2D eigenvalue weighted by atomic mass is 16.6. The standard InChI is InChI=1S/C30H27N3O5/c1-18-12-14-24-22(16-18)27(21-10-6-7-11-23(21)31-24)30(35)38-28(20-8-4-3-5-9-20)29(34)32-25-15-13-19(2)17-26(25)33(36)37/h3-11,13,15,17-18,28H,12,14,16H2,1-2H3,(H,32,34). The number of anilines is 1. The summed E-state index contributed by atoms with van der Waals surface area (Å²) in [5.74, 6) is -0.930. The van der Waals surface area contributed by atoms with E-state index in [1.807, 2.05) is 24.3 Å². The number of hydrogen-bond acceptors (Lipinski definition) is 6. The van der Waals surface area contributed by atoms with Gasteiger partial charge in [0.15, 0.2) is 0 Å². The van der Waals surface area contributed by atoms with Crippen LogP contribution in [0, 0.1) is 23.0 Å². The molecule has 8 nitrogen and oxygen atoms in total. The lowest BCUT2D eigenvalue weighted by molar-refractivity contribution is -0.384. The van der Waals surface area contributed by atoms with Gasteiger partial charge in [-0.15, -0.1) is 0 Å². The average Bonchev–Trinajstić information content (AvgIpc) is 2.91. The maximum Gasteiger partial charge on any atom is 0.340 e.